The fourth-order valence-corrected chi connectivity index (χ4v) is 2.64. The van der Waals surface area contributed by atoms with Gasteiger partial charge in [0.1, 0.15) is 16.9 Å². The van der Waals surface area contributed by atoms with Gasteiger partial charge in [0.05, 0.1) is 0 Å². The van der Waals surface area contributed by atoms with E-state index in [-0.39, 0.29) is 4.90 Å². The van der Waals surface area contributed by atoms with Crippen LogP contribution in [0, 0.1) is 11.6 Å². The van der Waals surface area contributed by atoms with Gasteiger partial charge in [0, 0.05) is 4.90 Å². The van der Waals surface area contributed by atoms with Crippen LogP contribution >= 0.6 is 11.8 Å². The maximum Gasteiger partial charge on any atom is 0.235 e. The fraction of sp³-hybridized carbons (Fsp3) is 0.0714. The average molecular weight is 279 g/mol. The van der Waals surface area contributed by atoms with Crippen molar-refractivity contribution in [1.29, 1.82) is 0 Å². The molecule has 2 N–H and O–H groups in total. The molecule has 2 aromatic carbocycles. The van der Waals surface area contributed by atoms with Crippen LogP contribution in [0.1, 0.15) is 10.8 Å². The van der Waals surface area contributed by atoms with Crippen LogP contribution in [-0.2, 0) is 4.79 Å². The summed E-state index contributed by atoms with van der Waals surface area (Å²) in [5, 5.41) is -0.752. The standard InChI is InChI=1S/C14H11F2NOS/c15-10-6-7-11(16)12(8-10)19-13(14(17)18)9-4-2-1-3-5-9/h1-8,13H,(H2,17,18). The van der Waals surface area contributed by atoms with Gasteiger partial charge >= 0.3 is 0 Å². The third-order valence-electron chi connectivity index (χ3n) is 2.50. The molecule has 0 aliphatic heterocycles. The molecule has 98 valence electrons. The SMILES string of the molecule is NC(=O)C(Sc1cc(F)ccc1F)c1ccccc1. The van der Waals surface area contributed by atoms with Crippen LogP contribution in [0.3, 0.4) is 0 Å². The maximum atomic E-state index is 13.6. The molecule has 0 saturated heterocycles. The van der Waals surface area contributed by atoms with E-state index in [1.54, 1.807) is 30.3 Å². The van der Waals surface area contributed by atoms with E-state index in [9.17, 15) is 13.6 Å². The lowest BCUT2D eigenvalue weighted by Gasteiger charge is -2.13. The van der Waals surface area contributed by atoms with Gasteiger partial charge in [-0.15, -0.1) is 11.8 Å². The van der Waals surface area contributed by atoms with E-state index in [1.807, 2.05) is 0 Å². The predicted molar refractivity (Wildman–Crippen MR) is 70.6 cm³/mol. The summed E-state index contributed by atoms with van der Waals surface area (Å²) >= 11 is 0.901. The lowest BCUT2D eigenvalue weighted by Crippen LogP contribution is -2.19. The van der Waals surface area contributed by atoms with Gasteiger partial charge in [-0.25, -0.2) is 8.78 Å². The van der Waals surface area contributed by atoms with Gasteiger partial charge in [0.2, 0.25) is 5.91 Å². The summed E-state index contributed by atoms with van der Waals surface area (Å²) in [6, 6.07) is 11.9. The van der Waals surface area contributed by atoms with E-state index in [0.717, 1.165) is 30.0 Å². The second kappa shape index (κ2) is 5.84. The minimum absolute atomic E-state index is 0.0626. The first-order valence-corrected chi connectivity index (χ1v) is 6.42. The molecule has 19 heavy (non-hydrogen) atoms. The second-order valence-electron chi connectivity index (χ2n) is 3.89. The molecular weight excluding hydrogens is 268 g/mol. The van der Waals surface area contributed by atoms with Gasteiger partial charge in [-0.2, -0.15) is 0 Å². The molecule has 2 nitrogen and oxygen atoms in total. The highest BCUT2D eigenvalue weighted by atomic mass is 32.2. The van der Waals surface area contributed by atoms with Crippen LogP contribution in [-0.4, -0.2) is 5.91 Å². The molecule has 0 saturated carbocycles. The molecule has 0 aliphatic rings. The van der Waals surface area contributed by atoms with E-state index in [0.29, 0.717) is 5.56 Å². The topological polar surface area (TPSA) is 43.1 Å². The van der Waals surface area contributed by atoms with Crippen molar-refractivity contribution in [3.63, 3.8) is 0 Å². The largest absolute Gasteiger partial charge is 0.368 e. The number of primary amides is 1. The maximum absolute atomic E-state index is 13.6. The number of carbonyl (C=O) groups excluding carboxylic acids is 1. The Morgan fingerprint density at radius 2 is 1.79 bits per heavy atom. The van der Waals surface area contributed by atoms with Gasteiger partial charge < -0.3 is 5.73 Å². The molecule has 1 atom stereocenters. The molecule has 0 heterocycles. The van der Waals surface area contributed by atoms with E-state index in [1.165, 1.54) is 0 Å². The van der Waals surface area contributed by atoms with Crippen molar-refractivity contribution in [3.8, 4) is 0 Å². The molecule has 0 radical (unpaired) electrons. The van der Waals surface area contributed by atoms with Crippen molar-refractivity contribution < 1.29 is 13.6 Å². The summed E-state index contributed by atoms with van der Waals surface area (Å²) < 4.78 is 26.7. The number of rotatable bonds is 4. The Morgan fingerprint density at radius 3 is 2.42 bits per heavy atom. The van der Waals surface area contributed by atoms with Crippen LogP contribution in [0.25, 0.3) is 0 Å². The Labute approximate surface area is 113 Å². The Kier molecular flexibility index (Phi) is 4.16. The summed E-state index contributed by atoms with van der Waals surface area (Å²) in [5.41, 5.74) is 5.98. The molecule has 5 heteroatoms. The minimum Gasteiger partial charge on any atom is -0.368 e. The third kappa shape index (κ3) is 3.32. The smallest absolute Gasteiger partial charge is 0.235 e. The molecule has 0 spiro atoms. The first-order chi connectivity index (χ1) is 9.08. The Morgan fingerprint density at radius 1 is 1.11 bits per heavy atom. The zero-order valence-corrected chi connectivity index (χ0v) is 10.7. The van der Waals surface area contributed by atoms with E-state index in [4.69, 9.17) is 5.73 Å². The summed E-state index contributed by atoms with van der Waals surface area (Å²) in [6.45, 7) is 0. The van der Waals surface area contributed by atoms with Gasteiger partial charge in [0.15, 0.2) is 0 Å². The first kappa shape index (κ1) is 13.5. The Hall–Kier alpha value is -1.88. The van der Waals surface area contributed by atoms with Gasteiger partial charge in [0.25, 0.3) is 0 Å². The number of hydrogen-bond acceptors (Lipinski definition) is 2. The molecule has 0 aliphatic carbocycles. The molecule has 2 rings (SSSR count). The monoisotopic (exact) mass is 279 g/mol. The van der Waals surface area contributed by atoms with Gasteiger partial charge in [-0.05, 0) is 23.8 Å². The molecule has 0 aromatic heterocycles. The normalized spacial score (nSPS) is 12.1. The number of thioether (sulfide) groups is 1. The number of hydrogen-bond donors (Lipinski definition) is 1. The van der Waals surface area contributed by atoms with Crippen LogP contribution in [0.15, 0.2) is 53.4 Å². The number of amides is 1. The minimum atomic E-state index is -0.752. The summed E-state index contributed by atoms with van der Waals surface area (Å²) in [6.07, 6.45) is 0. The highest BCUT2D eigenvalue weighted by Gasteiger charge is 2.21. The van der Waals surface area contributed by atoms with Crippen LogP contribution in [0.2, 0.25) is 0 Å². The number of benzene rings is 2. The lowest BCUT2D eigenvalue weighted by atomic mass is 10.1. The van der Waals surface area contributed by atoms with Gasteiger partial charge in [-0.3, -0.25) is 4.79 Å². The van der Waals surface area contributed by atoms with E-state index >= 15 is 0 Å². The molecule has 0 fully saturated rings. The van der Waals surface area contributed by atoms with Crippen molar-refractivity contribution in [2.24, 2.45) is 5.73 Å². The highest BCUT2D eigenvalue weighted by molar-refractivity contribution is 8.00. The summed E-state index contributed by atoms with van der Waals surface area (Å²) in [7, 11) is 0. The van der Waals surface area contributed by atoms with Gasteiger partial charge in [-0.1, -0.05) is 30.3 Å². The van der Waals surface area contributed by atoms with Crippen molar-refractivity contribution >= 4 is 17.7 Å². The molecule has 0 bridgehead atoms. The average Bonchev–Trinajstić information content (AvgIpc) is 2.40. The molecule has 1 amide bonds. The van der Waals surface area contributed by atoms with Crippen molar-refractivity contribution in [2.45, 2.75) is 10.1 Å². The second-order valence-corrected chi connectivity index (χ2v) is 5.03. The third-order valence-corrected chi connectivity index (χ3v) is 3.81. The van der Waals surface area contributed by atoms with Crippen LogP contribution in [0.4, 0.5) is 8.78 Å². The van der Waals surface area contributed by atoms with Crippen LogP contribution in [0.5, 0.6) is 0 Å². The van der Waals surface area contributed by atoms with Crippen molar-refractivity contribution in [2.75, 3.05) is 0 Å². The lowest BCUT2D eigenvalue weighted by molar-refractivity contribution is -0.117. The predicted octanol–water partition coefficient (Wildman–Crippen LogP) is 3.28. The van der Waals surface area contributed by atoms with Crippen LogP contribution < -0.4 is 5.73 Å². The fourth-order valence-electron chi connectivity index (χ4n) is 1.61. The quantitative estimate of drug-likeness (QED) is 0.873. The van der Waals surface area contributed by atoms with E-state index in [2.05, 4.69) is 0 Å². The zero-order chi connectivity index (χ0) is 13.8. The number of halogens is 2. The highest BCUT2D eigenvalue weighted by Crippen LogP contribution is 2.36. The zero-order valence-electron chi connectivity index (χ0n) is 9.85. The van der Waals surface area contributed by atoms with E-state index < -0.39 is 22.8 Å². The Bertz CT molecular complexity index is 589. The number of carbonyl (C=O) groups is 1. The van der Waals surface area contributed by atoms with Crippen molar-refractivity contribution in [1.82, 2.24) is 0 Å². The molecule has 2 aromatic rings. The first-order valence-electron chi connectivity index (χ1n) is 5.54. The molecule has 1 unspecified atom stereocenters. The van der Waals surface area contributed by atoms with Crippen molar-refractivity contribution in [3.05, 3.63) is 65.7 Å². The molecular formula is C14H11F2NOS. The summed E-state index contributed by atoms with van der Waals surface area (Å²) in [4.78, 5) is 11.5. The Balaban J connectivity index is 2.32. The number of nitrogens with two attached hydrogens (primary N) is 1. The summed E-state index contributed by atoms with van der Waals surface area (Å²) in [5.74, 6) is -1.73.